The summed E-state index contributed by atoms with van der Waals surface area (Å²) in [6, 6.07) is 19.9. The van der Waals surface area contributed by atoms with E-state index < -0.39 is 11.9 Å². The normalized spacial score (nSPS) is 14.0. The van der Waals surface area contributed by atoms with Crippen LogP contribution in [0, 0.1) is 17.2 Å². The van der Waals surface area contributed by atoms with E-state index >= 15 is 0 Å². The van der Waals surface area contributed by atoms with Crippen molar-refractivity contribution in [1.29, 1.82) is 5.26 Å². The number of carbonyl (C=O) groups excluding carboxylic acids is 1. The van der Waals surface area contributed by atoms with Crippen molar-refractivity contribution in [3.63, 3.8) is 0 Å². The molecule has 0 aliphatic carbocycles. The molecule has 1 heterocycles. The Labute approximate surface area is 247 Å². The number of nitrogens with zero attached hydrogens (tertiary/aromatic N) is 1. The predicted octanol–water partition coefficient (Wildman–Crippen LogP) is 7.13. The lowest BCUT2D eigenvalue weighted by atomic mass is 9.83. The Hall–Kier alpha value is -4.64. The first-order valence-corrected chi connectivity index (χ1v) is 14.4. The van der Waals surface area contributed by atoms with Gasteiger partial charge in [0.1, 0.15) is 34.5 Å². The van der Waals surface area contributed by atoms with Gasteiger partial charge in [0.05, 0.1) is 25.7 Å². The van der Waals surface area contributed by atoms with Crippen LogP contribution in [0.3, 0.4) is 0 Å². The van der Waals surface area contributed by atoms with Gasteiger partial charge in [0.2, 0.25) is 5.88 Å². The molecule has 0 saturated heterocycles. The summed E-state index contributed by atoms with van der Waals surface area (Å²) in [7, 11) is 0. The zero-order chi connectivity index (χ0) is 30.1. The van der Waals surface area contributed by atoms with Crippen LogP contribution >= 0.6 is 0 Å². The minimum Gasteiger partial charge on any atom is -0.493 e. The number of allylic oxidation sites excluding steroid dienone is 1. The summed E-state index contributed by atoms with van der Waals surface area (Å²) in [5, 5.41) is 10.0. The minimum absolute atomic E-state index is 0.0108. The summed E-state index contributed by atoms with van der Waals surface area (Å²) < 4.78 is 29.3. The summed E-state index contributed by atoms with van der Waals surface area (Å²) >= 11 is 0. The minimum atomic E-state index is -0.551. The monoisotopic (exact) mass is 570 g/mol. The molecule has 0 spiro atoms. The summed E-state index contributed by atoms with van der Waals surface area (Å²) in [4.78, 5) is 13.1. The van der Waals surface area contributed by atoms with Gasteiger partial charge >= 0.3 is 5.97 Å². The maximum Gasteiger partial charge on any atom is 0.347 e. The summed E-state index contributed by atoms with van der Waals surface area (Å²) in [5.74, 6) is 1.81. The molecule has 0 bridgehead atoms. The van der Waals surface area contributed by atoms with Gasteiger partial charge in [-0.05, 0) is 61.6 Å². The molecule has 4 rings (SSSR count). The molecule has 0 amide bonds. The van der Waals surface area contributed by atoms with Crippen LogP contribution in [0.2, 0.25) is 0 Å². The summed E-state index contributed by atoms with van der Waals surface area (Å²) in [6.45, 7) is 9.82. The van der Waals surface area contributed by atoms with Gasteiger partial charge in [-0.1, -0.05) is 51.5 Å². The van der Waals surface area contributed by atoms with Gasteiger partial charge in [0, 0.05) is 11.6 Å². The molecule has 1 atom stereocenters. The maximum atomic E-state index is 13.1. The second kappa shape index (κ2) is 14.3. The van der Waals surface area contributed by atoms with Crippen LogP contribution in [0.1, 0.15) is 74.4 Å². The SMILES string of the molecule is CCCCOc1ccccc1C(=O)Oc1ccc2c(c1)OC(N)=C(C#N)C2c1ccc(OCCC(C)C)c(OCC)c1. The van der Waals surface area contributed by atoms with Gasteiger partial charge in [-0.2, -0.15) is 5.26 Å². The van der Waals surface area contributed by atoms with Crippen molar-refractivity contribution < 1.29 is 28.5 Å². The molecule has 220 valence electrons. The van der Waals surface area contributed by atoms with Crippen molar-refractivity contribution in [2.24, 2.45) is 11.7 Å². The molecule has 0 radical (unpaired) electrons. The zero-order valence-electron chi connectivity index (χ0n) is 24.6. The number of fused-ring (bicyclic) bond motifs is 1. The Bertz CT molecular complexity index is 1470. The number of rotatable bonds is 13. The van der Waals surface area contributed by atoms with E-state index in [1.807, 2.05) is 31.2 Å². The maximum absolute atomic E-state index is 13.1. The average molecular weight is 571 g/mol. The molecule has 3 aromatic carbocycles. The molecule has 0 fully saturated rings. The number of nitriles is 1. The second-order valence-corrected chi connectivity index (χ2v) is 10.4. The number of hydrogen-bond donors (Lipinski definition) is 1. The highest BCUT2D eigenvalue weighted by Gasteiger charge is 2.32. The highest BCUT2D eigenvalue weighted by Crippen LogP contribution is 2.45. The van der Waals surface area contributed by atoms with E-state index in [9.17, 15) is 10.1 Å². The van der Waals surface area contributed by atoms with Gasteiger partial charge in [0.25, 0.3) is 0 Å². The van der Waals surface area contributed by atoms with Crippen LogP contribution in [0.4, 0.5) is 0 Å². The van der Waals surface area contributed by atoms with Crippen molar-refractivity contribution in [1.82, 2.24) is 0 Å². The third kappa shape index (κ3) is 7.16. The number of hydrogen-bond acceptors (Lipinski definition) is 8. The van der Waals surface area contributed by atoms with Gasteiger partial charge in [0.15, 0.2) is 11.5 Å². The molecular weight excluding hydrogens is 532 g/mol. The number of benzene rings is 3. The quantitative estimate of drug-likeness (QED) is 0.131. The van der Waals surface area contributed by atoms with Crippen molar-refractivity contribution in [3.05, 3.63) is 88.8 Å². The highest BCUT2D eigenvalue weighted by molar-refractivity contribution is 5.94. The van der Waals surface area contributed by atoms with E-state index in [0.717, 1.165) is 24.8 Å². The number of esters is 1. The standard InChI is InChI=1S/C34H38N2O6/c1-5-7-17-39-28-11-9-8-10-26(28)34(37)41-24-13-14-25-30(20-24)42-33(36)27(21-35)32(25)23-12-15-29(31(19-23)38-6-2)40-18-16-22(3)4/h8-15,19-20,22,32H,5-7,16-18,36H2,1-4H3. The first-order chi connectivity index (χ1) is 20.4. The second-order valence-electron chi connectivity index (χ2n) is 10.4. The van der Waals surface area contributed by atoms with Gasteiger partial charge in [-0.3, -0.25) is 0 Å². The molecule has 3 aromatic rings. The fraction of sp³-hybridized carbons (Fsp3) is 0.353. The Kier molecular flexibility index (Phi) is 10.3. The number of unbranched alkanes of at least 4 members (excludes halogenated alkanes) is 1. The Balaban J connectivity index is 1.62. The van der Waals surface area contributed by atoms with E-state index in [1.54, 1.807) is 36.4 Å². The smallest absolute Gasteiger partial charge is 0.347 e. The number of ether oxygens (including phenoxy) is 5. The number of nitrogens with two attached hydrogens (primary N) is 1. The molecule has 42 heavy (non-hydrogen) atoms. The molecular formula is C34H38N2O6. The number of carbonyl (C=O) groups is 1. The van der Waals surface area contributed by atoms with Crippen molar-refractivity contribution in [3.8, 4) is 34.8 Å². The molecule has 2 N–H and O–H groups in total. The molecule has 1 aliphatic rings. The summed E-state index contributed by atoms with van der Waals surface area (Å²) in [6.07, 6.45) is 2.78. The van der Waals surface area contributed by atoms with Crippen LogP contribution in [0.25, 0.3) is 0 Å². The third-order valence-corrected chi connectivity index (χ3v) is 6.82. The Morgan fingerprint density at radius 2 is 1.76 bits per heavy atom. The van der Waals surface area contributed by atoms with Gasteiger partial charge in [-0.15, -0.1) is 0 Å². The molecule has 0 aromatic heterocycles. The van der Waals surface area contributed by atoms with E-state index in [4.69, 9.17) is 29.4 Å². The first kappa shape index (κ1) is 30.3. The molecule has 8 nitrogen and oxygen atoms in total. The molecule has 1 unspecified atom stereocenters. The Morgan fingerprint density at radius 3 is 2.50 bits per heavy atom. The molecule has 8 heteroatoms. The van der Waals surface area contributed by atoms with Crippen LogP contribution in [-0.4, -0.2) is 25.8 Å². The van der Waals surface area contributed by atoms with Crippen LogP contribution < -0.4 is 29.4 Å². The fourth-order valence-electron chi connectivity index (χ4n) is 4.59. The van der Waals surface area contributed by atoms with Crippen molar-refractivity contribution in [2.75, 3.05) is 19.8 Å². The van der Waals surface area contributed by atoms with Crippen LogP contribution in [-0.2, 0) is 0 Å². The van der Waals surface area contributed by atoms with Crippen molar-refractivity contribution in [2.45, 2.75) is 52.9 Å². The predicted molar refractivity (Wildman–Crippen MR) is 160 cm³/mol. The topological polar surface area (TPSA) is 113 Å². The first-order valence-electron chi connectivity index (χ1n) is 14.4. The van der Waals surface area contributed by atoms with Gasteiger partial charge < -0.3 is 29.4 Å². The highest BCUT2D eigenvalue weighted by atomic mass is 16.5. The largest absolute Gasteiger partial charge is 0.493 e. The Morgan fingerprint density at radius 1 is 0.976 bits per heavy atom. The van der Waals surface area contributed by atoms with E-state index in [2.05, 4.69) is 26.8 Å². The lowest BCUT2D eigenvalue weighted by Crippen LogP contribution is -2.21. The van der Waals surface area contributed by atoms with E-state index in [-0.39, 0.29) is 17.2 Å². The lowest BCUT2D eigenvalue weighted by molar-refractivity contribution is 0.0730. The zero-order valence-corrected chi connectivity index (χ0v) is 24.6. The molecule has 1 aliphatic heterocycles. The third-order valence-electron chi connectivity index (χ3n) is 6.82. The fourth-order valence-corrected chi connectivity index (χ4v) is 4.59. The summed E-state index contributed by atoms with van der Waals surface area (Å²) in [5.41, 5.74) is 8.34. The van der Waals surface area contributed by atoms with E-state index in [0.29, 0.717) is 59.9 Å². The van der Waals surface area contributed by atoms with Crippen LogP contribution in [0.15, 0.2) is 72.1 Å². The molecule has 0 saturated carbocycles. The lowest BCUT2D eigenvalue weighted by Gasteiger charge is -2.27. The van der Waals surface area contributed by atoms with E-state index in [1.165, 1.54) is 0 Å². The number of para-hydroxylation sites is 1. The average Bonchev–Trinajstić information content (AvgIpc) is 2.97. The van der Waals surface area contributed by atoms with Crippen LogP contribution in [0.5, 0.6) is 28.7 Å². The van der Waals surface area contributed by atoms with Crippen molar-refractivity contribution >= 4 is 5.97 Å². The van der Waals surface area contributed by atoms with Gasteiger partial charge in [-0.25, -0.2) is 4.79 Å².